The van der Waals surface area contributed by atoms with E-state index in [0.29, 0.717) is 41.2 Å². The lowest BCUT2D eigenvalue weighted by Crippen LogP contribution is -2.43. The van der Waals surface area contributed by atoms with E-state index in [4.69, 9.17) is 9.47 Å². The first-order valence-corrected chi connectivity index (χ1v) is 12.3. The van der Waals surface area contributed by atoms with Gasteiger partial charge in [0.05, 0.1) is 6.61 Å². The summed E-state index contributed by atoms with van der Waals surface area (Å²) in [6.07, 6.45) is 2.12. The molecule has 0 saturated carbocycles. The molecule has 0 bridgehead atoms. The Morgan fingerprint density at radius 3 is 2.39 bits per heavy atom. The van der Waals surface area contributed by atoms with E-state index < -0.39 is 11.8 Å². The van der Waals surface area contributed by atoms with Crippen LogP contribution in [-0.2, 0) is 22.6 Å². The van der Waals surface area contributed by atoms with Crippen LogP contribution in [0.4, 0.5) is 4.39 Å². The van der Waals surface area contributed by atoms with Gasteiger partial charge in [0.2, 0.25) is 0 Å². The van der Waals surface area contributed by atoms with Gasteiger partial charge in [0.15, 0.2) is 11.5 Å². The molecule has 6 nitrogen and oxygen atoms in total. The van der Waals surface area contributed by atoms with Crippen molar-refractivity contribution in [3.8, 4) is 17.6 Å². The van der Waals surface area contributed by atoms with Crippen LogP contribution < -0.4 is 9.47 Å². The zero-order valence-electron chi connectivity index (χ0n) is 21.2. The highest BCUT2D eigenvalue weighted by atomic mass is 19.1. The Morgan fingerprint density at radius 2 is 1.68 bits per heavy atom. The van der Waals surface area contributed by atoms with E-state index in [2.05, 4.69) is 0 Å². The van der Waals surface area contributed by atoms with Gasteiger partial charge < -0.3 is 9.47 Å². The smallest absolute Gasteiger partial charge is 0.271 e. The van der Waals surface area contributed by atoms with Crippen LogP contribution in [0.1, 0.15) is 30.5 Å². The quantitative estimate of drug-likeness (QED) is 0.275. The van der Waals surface area contributed by atoms with E-state index in [0.717, 1.165) is 10.5 Å². The Kier molecular flexibility index (Phi) is 8.34. The van der Waals surface area contributed by atoms with E-state index in [1.807, 2.05) is 43.3 Å². The van der Waals surface area contributed by atoms with Gasteiger partial charge in [-0.15, -0.1) is 0 Å². The number of halogens is 1. The Labute approximate surface area is 221 Å². The van der Waals surface area contributed by atoms with Gasteiger partial charge in [-0.1, -0.05) is 54.6 Å². The first-order chi connectivity index (χ1) is 18.4. The number of benzene rings is 3. The first-order valence-electron chi connectivity index (χ1n) is 12.3. The normalized spacial score (nSPS) is 14.6. The third-order valence-electron chi connectivity index (χ3n) is 6.21. The monoisotopic (exact) mass is 510 g/mol. The van der Waals surface area contributed by atoms with Crippen LogP contribution in [0.25, 0.3) is 6.08 Å². The molecule has 2 amide bonds. The average Bonchev–Trinajstić information content (AvgIpc) is 2.92. The molecule has 0 fully saturated rings. The fourth-order valence-corrected chi connectivity index (χ4v) is 4.16. The van der Waals surface area contributed by atoms with E-state index in [9.17, 15) is 19.2 Å². The van der Waals surface area contributed by atoms with E-state index >= 15 is 0 Å². The molecule has 0 atom stereocenters. The molecule has 0 unspecified atom stereocenters. The molecule has 7 heteroatoms. The van der Waals surface area contributed by atoms with Crippen molar-refractivity contribution in [3.05, 3.63) is 112 Å². The second-order valence-electron chi connectivity index (χ2n) is 8.69. The highest BCUT2D eigenvalue weighted by Crippen LogP contribution is 2.32. The number of rotatable bonds is 9. The molecule has 3 aromatic rings. The standard InChI is InChI=1S/C31H27FN2O4/c1-3-37-29-18-23(13-14-28(29)38-20-24-11-7-8-12-27(24)32)17-25-21(2)26(19-33)31(36)34(30(25)35)16-15-22-9-5-4-6-10-22/h4-14,17-18H,3,15-16,20H2,1-2H3/b25-17+. The SMILES string of the molecule is CCOc1cc(/C=C2/C(=O)N(CCc3ccccc3)C(=O)C(C#N)=C2C)ccc1OCc1ccccc1F. The molecule has 38 heavy (non-hydrogen) atoms. The Bertz CT molecular complexity index is 1450. The summed E-state index contributed by atoms with van der Waals surface area (Å²) < 4.78 is 25.6. The van der Waals surface area contributed by atoms with Crippen LogP contribution in [0, 0.1) is 17.1 Å². The van der Waals surface area contributed by atoms with Crippen molar-refractivity contribution < 1.29 is 23.5 Å². The lowest BCUT2D eigenvalue weighted by Gasteiger charge is -2.27. The van der Waals surface area contributed by atoms with Gasteiger partial charge in [-0.05, 0) is 61.2 Å². The minimum absolute atomic E-state index is 0.0253. The van der Waals surface area contributed by atoms with Crippen LogP contribution in [0.5, 0.6) is 11.5 Å². The summed E-state index contributed by atoms with van der Waals surface area (Å²) >= 11 is 0. The zero-order valence-corrected chi connectivity index (χ0v) is 21.2. The molecule has 192 valence electrons. The minimum atomic E-state index is -0.588. The van der Waals surface area contributed by atoms with Gasteiger partial charge in [0.1, 0.15) is 24.1 Å². The number of hydrogen-bond acceptors (Lipinski definition) is 5. The number of carbonyl (C=O) groups excluding carboxylic acids is 2. The number of hydrogen-bond donors (Lipinski definition) is 0. The summed E-state index contributed by atoms with van der Waals surface area (Å²) in [7, 11) is 0. The summed E-state index contributed by atoms with van der Waals surface area (Å²) in [5.41, 5.74) is 2.56. The van der Waals surface area contributed by atoms with Crippen LogP contribution in [0.2, 0.25) is 0 Å². The van der Waals surface area contributed by atoms with E-state index in [1.165, 1.54) is 6.07 Å². The maximum Gasteiger partial charge on any atom is 0.271 e. The fourth-order valence-electron chi connectivity index (χ4n) is 4.16. The molecule has 3 aromatic carbocycles. The maximum absolute atomic E-state index is 14.0. The third-order valence-corrected chi connectivity index (χ3v) is 6.21. The number of nitrogens with zero attached hydrogens (tertiary/aromatic N) is 2. The van der Waals surface area contributed by atoms with Gasteiger partial charge in [0.25, 0.3) is 11.8 Å². The summed E-state index contributed by atoms with van der Waals surface area (Å²) in [4.78, 5) is 27.5. The molecule has 1 aliphatic heterocycles. The molecule has 0 N–H and O–H groups in total. The van der Waals surface area contributed by atoms with Gasteiger partial charge in [-0.25, -0.2) is 4.39 Å². The molecule has 0 saturated heterocycles. The minimum Gasteiger partial charge on any atom is -0.490 e. The van der Waals surface area contributed by atoms with Crippen LogP contribution in [0.15, 0.2) is 89.5 Å². The van der Waals surface area contributed by atoms with Gasteiger partial charge in [-0.2, -0.15) is 5.26 Å². The Balaban J connectivity index is 1.62. The summed E-state index contributed by atoms with van der Waals surface area (Å²) in [6.45, 7) is 3.99. The molecular formula is C31H27FN2O4. The number of amides is 2. The predicted octanol–water partition coefficient (Wildman–Crippen LogP) is 5.64. The molecule has 0 aromatic heterocycles. The number of ether oxygens (including phenoxy) is 2. The molecule has 1 heterocycles. The summed E-state index contributed by atoms with van der Waals surface area (Å²) in [5, 5.41) is 9.67. The summed E-state index contributed by atoms with van der Waals surface area (Å²) in [6, 6.07) is 23.0. The zero-order chi connectivity index (χ0) is 27.1. The van der Waals surface area contributed by atoms with Crippen molar-refractivity contribution in [2.24, 2.45) is 0 Å². The van der Waals surface area contributed by atoms with Gasteiger partial charge in [0, 0.05) is 17.7 Å². The number of nitriles is 1. The van der Waals surface area contributed by atoms with Crippen LogP contribution in [-0.4, -0.2) is 29.9 Å². The number of carbonyl (C=O) groups is 2. The molecular weight excluding hydrogens is 483 g/mol. The average molecular weight is 511 g/mol. The van der Waals surface area contributed by atoms with E-state index in [1.54, 1.807) is 49.4 Å². The first kappa shape index (κ1) is 26.4. The van der Waals surface area contributed by atoms with Gasteiger partial charge in [-0.3, -0.25) is 14.5 Å². The van der Waals surface area contributed by atoms with Crippen molar-refractivity contribution in [2.75, 3.05) is 13.2 Å². The highest BCUT2D eigenvalue weighted by molar-refractivity contribution is 6.19. The fraction of sp³-hybridized carbons (Fsp3) is 0.194. The van der Waals surface area contributed by atoms with E-state index in [-0.39, 0.29) is 30.1 Å². The lowest BCUT2D eigenvalue weighted by atomic mass is 9.93. The van der Waals surface area contributed by atoms with Crippen molar-refractivity contribution >= 4 is 17.9 Å². The van der Waals surface area contributed by atoms with Crippen molar-refractivity contribution in [3.63, 3.8) is 0 Å². The van der Waals surface area contributed by atoms with Crippen LogP contribution in [0.3, 0.4) is 0 Å². The molecule has 1 aliphatic rings. The van der Waals surface area contributed by atoms with Gasteiger partial charge >= 0.3 is 0 Å². The maximum atomic E-state index is 14.0. The second-order valence-corrected chi connectivity index (χ2v) is 8.69. The van der Waals surface area contributed by atoms with Crippen molar-refractivity contribution in [1.29, 1.82) is 5.26 Å². The van der Waals surface area contributed by atoms with Crippen molar-refractivity contribution in [2.45, 2.75) is 26.9 Å². The predicted molar refractivity (Wildman–Crippen MR) is 141 cm³/mol. The molecule has 0 radical (unpaired) electrons. The molecule has 0 aliphatic carbocycles. The largest absolute Gasteiger partial charge is 0.490 e. The third kappa shape index (κ3) is 5.81. The van der Waals surface area contributed by atoms with Crippen LogP contribution >= 0.6 is 0 Å². The topological polar surface area (TPSA) is 79.6 Å². The Hall–Kier alpha value is -4.70. The Morgan fingerprint density at radius 1 is 0.947 bits per heavy atom. The summed E-state index contributed by atoms with van der Waals surface area (Å²) in [5.74, 6) is -0.544. The second kappa shape index (κ2) is 12.0. The highest BCUT2D eigenvalue weighted by Gasteiger charge is 2.35. The molecule has 4 rings (SSSR count). The lowest BCUT2D eigenvalue weighted by molar-refractivity contribution is -0.140. The number of imide groups is 1. The van der Waals surface area contributed by atoms with Crippen molar-refractivity contribution in [1.82, 2.24) is 4.90 Å². The molecule has 0 spiro atoms.